The van der Waals surface area contributed by atoms with E-state index in [2.05, 4.69) is 22.2 Å². The third-order valence-electron chi connectivity index (χ3n) is 4.08. The average molecular weight is 404 g/mol. The molecule has 1 aromatic heterocycles. The summed E-state index contributed by atoms with van der Waals surface area (Å²) in [5.41, 5.74) is 2.33. The Morgan fingerprint density at radius 3 is 2.48 bits per heavy atom. The van der Waals surface area contributed by atoms with Crippen molar-refractivity contribution in [2.24, 2.45) is 0 Å². The third-order valence-corrected chi connectivity index (χ3v) is 5.15. The minimum atomic E-state index is -0.265. The molecule has 146 valence electrons. The maximum absolute atomic E-state index is 12.9. The van der Waals surface area contributed by atoms with E-state index in [1.165, 1.54) is 11.8 Å². The van der Waals surface area contributed by atoms with Crippen LogP contribution in [0.4, 0.5) is 5.69 Å². The zero-order chi connectivity index (χ0) is 20.5. The van der Waals surface area contributed by atoms with Crippen LogP contribution in [0, 0.1) is 0 Å². The first-order valence-corrected chi connectivity index (χ1v) is 10.1. The van der Waals surface area contributed by atoms with Crippen LogP contribution in [0.2, 0.25) is 0 Å². The first-order valence-electron chi connectivity index (χ1n) is 9.09. The molecule has 2 amide bonds. The Morgan fingerprint density at radius 2 is 1.72 bits per heavy atom. The van der Waals surface area contributed by atoms with Crippen LogP contribution in [0.15, 0.2) is 90.6 Å². The van der Waals surface area contributed by atoms with E-state index in [0.717, 1.165) is 10.5 Å². The summed E-state index contributed by atoms with van der Waals surface area (Å²) in [6, 6.07) is 18.0. The van der Waals surface area contributed by atoms with Gasteiger partial charge in [-0.05, 0) is 35.9 Å². The predicted molar refractivity (Wildman–Crippen MR) is 117 cm³/mol. The molecule has 29 heavy (non-hydrogen) atoms. The Bertz CT molecular complexity index is 1010. The normalized spacial score (nSPS) is 10.2. The molecule has 0 saturated carbocycles. The number of hydrogen-bond donors (Lipinski definition) is 2. The highest BCUT2D eigenvalue weighted by Crippen LogP contribution is 2.24. The molecule has 0 spiro atoms. The Balaban J connectivity index is 1.74. The first-order chi connectivity index (χ1) is 14.2. The molecule has 1 heterocycles. The van der Waals surface area contributed by atoms with Crippen LogP contribution < -0.4 is 10.6 Å². The number of rotatable bonds is 8. The zero-order valence-electron chi connectivity index (χ0n) is 15.8. The molecule has 0 aliphatic heterocycles. The van der Waals surface area contributed by atoms with Gasteiger partial charge in [0.15, 0.2) is 0 Å². The first kappa shape index (κ1) is 20.4. The fourth-order valence-corrected chi connectivity index (χ4v) is 3.48. The summed E-state index contributed by atoms with van der Waals surface area (Å²) in [4.78, 5) is 30.4. The maximum atomic E-state index is 12.9. The number of thioether (sulfide) groups is 1. The lowest BCUT2D eigenvalue weighted by molar-refractivity contribution is 0.0951. The Hall–Kier alpha value is -3.38. The lowest BCUT2D eigenvalue weighted by Gasteiger charge is -2.13. The number of aromatic nitrogens is 1. The van der Waals surface area contributed by atoms with E-state index in [9.17, 15) is 9.59 Å². The SMILES string of the molecule is C=CCSc1ccccc1C(=O)Nc1ccccc1C(=O)NCc1cccnc1. The zero-order valence-corrected chi connectivity index (χ0v) is 16.6. The standard InChI is InChI=1S/C23H21N3O2S/c1-2-14-29-21-12-6-4-10-19(21)23(28)26-20-11-5-3-9-18(20)22(27)25-16-17-8-7-13-24-15-17/h2-13,15H,1,14,16H2,(H,25,27)(H,26,28). The summed E-state index contributed by atoms with van der Waals surface area (Å²) in [5.74, 6) is 0.182. The summed E-state index contributed by atoms with van der Waals surface area (Å²) in [7, 11) is 0. The summed E-state index contributed by atoms with van der Waals surface area (Å²) in [5, 5.41) is 5.73. The highest BCUT2D eigenvalue weighted by Gasteiger charge is 2.16. The second-order valence-corrected chi connectivity index (χ2v) is 7.20. The van der Waals surface area contributed by atoms with Gasteiger partial charge in [-0.2, -0.15) is 0 Å². The van der Waals surface area contributed by atoms with Gasteiger partial charge in [-0.3, -0.25) is 14.6 Å². The number of anilines is 1. The van der Waals surface area contributed by atoms with Gasteiger partial charge in [0.2, 0.25) is 0 Å². The van der Waals surface area contributed by atoms with Crippen molar-refractivity contribution in [3.8, 4) is 0 Å². The van der Waals surface area contributed by atoms with Crippen molar-refractivity contribution in [3.63, 3.8) is 0 Å². The van der Waals surface area contributed by atoms with Gasteiger partial charge in [0.1, 0.15) is 0 Å². The van der Waals surface area contributed by atoms with Crippen molar-refractivity contribution in [2.75, 3.05) is 11.1 Å². The average Bonchev–Trinajstić information content (AvgIpc) is 2.77. The van der Waals surface area contributed by atoms with E-state index in [0.29, 0.717) is 29.1 Å². The summed E-state index contributed by atoms with van der Waals surface area (Å²) >= 11 is 1.54. The summed E-state index contributed by atoms with van der Waals surface area (Å²) in [6.07, 6.45) is 5.17. The Kier molecular flexibility index (Phi) is 7.19. The van der Waals surface area contributed by atoms with Crippen LogP contribution in [-0.4, -0.2) is 22.6 Å². The minimum Gasteiger partial charge on any atom is -0.348 e. The van der Waals surface area contributed by atoms with Crippen LogP contribution in [0.25, 0.3) is 0 Å². The van der Waals surface area contributed by atoms with Crippen molar-refractivity contribution in [1.29, 1.82) is 0 Å². The number of nitrogens with one attached hydrogen (secondary N) is 2. The van der Waals surface area contributed by atoms with Crippen LogP contribution in [-0.2, 0) is 6.54 Å². The summed E-state index contributed by atoms with van der Waals surface area (Å²) < 4.78 is 0. The highest BCUT2D eigenvalue weighted by atomic mass is 32.2. The van der Waals surface area contributed by atoms with Crippen molar-refractivity contribution < 1.29 is 9.59 Å². The van der Waals surface area contributed by atoms with Gasteiger partial charge in [0.25, 0.3) is 11.8 Å². The molecule has 0 bridgehead atoms. The molecule has 0 unspecified atom stereocenters. The number of hydrogen-bond acceptors (Lipinski definition) is 4. The molecular weight excluding hydrogens is 382 g/mol. The number of carbonyl (C=O) groups excluding carboxylic acids is 2. The van der Waals surface area contributed by atoms with E-state index >= 15 is 0 Å². The van der Waals surface area contributed by atoms with E-state index in [1.807, 2.05) is 30.3 Å². The van der Waals surface area contributed by atoms with Gasteiger partial charge in [-0.15, -0.1) is 18.3 Å². The van der Waals surface area contributed by atoms with Gasteiger partial charge in [-0.1, -0.05) is 36.4 Å². The molecule has 0 aliphatic rings. The van der Waals surface area contributed by atoms with E-state index in [4.69, 9.17) is 0 Å². The molecule has 5 nitrogen and oxygen atoms in total. The molecule has 6 heteroatoms. The number of benzene rings is 2. The lowest BCUT2D eigenvalue weighted by atomic mass is 10.1. The number of para-hydroxylation sites is 1. The molecule has 0 saturated heterocycles. The lowest BCUT2D eigenvalue weighted by Crippen LogP contribution is -2.25. The van der Waals surface area contributed by atoms with Crippen LogP contribution in [0.3, 0.4) is 0 Å². The predicted octanol–water partition coefficient (Wildman–Crippen LogP) is 4.54. The van der Waals surface area contributed by atoms with Crippen LogP contribution >= 0.6 is 11.8 Å². The van der Waals surface area contributed by atoms with E-state index in [1.54, 1.807) is 48.8 Å². The molecule has 0 atom stereocenters. The van der Waals surface area contributed by atoms with E-state index in [-0.39, 0.29) is 11.8 Å². The van der Waals surface area contributed by atoms with E-state index < -0.39 is 0 Å². The van der Waals surface area contributed by atoms with Crippen molar-refractivity contribution in [3.05, 3.63) is 102 Å². The minimum absolute atomic E-state index is 0.260. The molecular formula is C23H21N3O2S. The maximum Gasteiger partial charge on any atom is 0.256 e. The number of nitrogens with zero attached hydrogens (tertiary/aromatic N) is 1. The second-order valence-electron chi connectivity index (χ2n) is 6.14. The molecule has 3 aromatic rings. The topological polar surface area (TPSA) is 71.1 Å². The third kappa shape index (κ3) is 5.56. The molecule has 2 aromatic carbocycles. The fraction of sp³-hybridized carbons (Fsp3) is 0.0870. The Morgan fingerprint density at radius 1 is 0.966 bits per heavy atom. The monoisotopic (exact) mass is 403 g/mol. The van der Waals surface area contributed by atoms with Crippen molar-refractivity contribution >= 4 is 29.3 Å². The second kappa shape index (κ2) is 10.2. The van der Waals surface area contributed by atoms with Gasteiger partial charge in [0.05, 0.1) is 16.8 Å². The van der Waals surface area contributed by atoms with Gasteiger partial charge < -0.3 is 10.6 Å². The van der Waals surface area contributed by atoms with Crippen molar-refractivity contribution in [2.45, 2.75) is 11.4 Å². The van der Waals surface area contributed by atoms with Gasteiger partial charge in [-0.25, -0.2) is 0 Å². The van der Waals surface area contributed by atoms with Gasteiger partial charge in [0, 0.05) is 29.6 Å². The van der Waals surface area contributed by atoms with Crippen LogP contribution in [0.5, 0.6) is 0 Å². The highest BCUT2D eigenvalue weighted by molar-refractivity contribution is 7.99. The molecule has 3 rings (SSSR count). The largest absolute Gasteiger partial charge is 0.348 e. The van der Waals surface area contributed by atoms with Crippen molar-refractivity contribution in [1.82, 2.24) is 10.3 Å². The summed E-state index contributed by atoms with van der Waals surface area (Å²) in [6.45, 7) is 4.08. The molecule has 0 aliphatic carbocycles. The molecule has 2 N–H and O–H groups in total. The fourth-order valence-electron chi connectivity index (χ4n) is 2.69. The number of pyridine rings is 1. The quantitative estimate of drug-likeness (QED) is 0.428. The molecule has 0 radical (unpaired) electrons. The number of carbonyl (C=O) groups is 2. The van der Waals surface area contributed by atoms with Gasteiger partial charge >= 0.3 is 0 Å². The number of amides is 2. The molecule has 0 fully saturated rings. The van der Waals surface area contributed by atoms with Crippen LogP contribution in [0.1, 0.15) is 26.3 Å². The smallest absolute Gasteiger partial charge is 0.256 e. The Labute approximate surface area is 174 Å².